The summed E-state index contributed by atoms with van der Waals surface area (Å²) in [6.45, 7) is 2.47. The summed E-state index contributed by atoms with van der Waals surface area (Å²) in [7, 11) is 0. The number of fused-ring (bicyclic) bond motifs is 3. The first-order valence-corrected chi connectivity index (χ1v) is 8.32. The number of amides is 1. The lowest BCUT2D eigenvalue weighted by atomic mass is 10.1. The number of nitrogens with one attached hydrogen (secondary N) is 1. The number of carbonyl (C=O) groups excluding carboxylic acids is 1. The van der Waals surface area contributed by atoms with Crippen molar-refractivity contribution in [3.63, 3.8) is 0 Å². The molecule has 2 aromatic carbocycles. The van der Waals surface area contributed by atoms with Crippen LogP contribution in [0.1, 0.15) is 21.7 Å². The van der Waals surface area contributed by atoms with Crippen molar-refractivity contribution >= 4 is 27.6 Å². The number of pyridine rings is 1. The molecular formula is C21H18N2O2. The second kappa shape index (κ2) is 6.40. The molecule has 2 aromatic heterocycles. The van der Waals surface area contributed by atoms with Gasteiger partial charge in [0.05, 0.1) is 0 Å². The summed E-state index contributed by atoms with van der Waals surface area (Å²) < 4.78 is 5.95. The Balaban J connectivity index is 1.59. The van der Waals surface area contributed by atoms with Gasteiger partial charge >= 0.3 is 0 Å². The second-order valence-corrected chi connectivity index (χ2v) is 6.09. The number of hydrogen-bond acceptors (Lipinski definition) is 3. The molecule has 0 atom stereocenters. The van der Waals surface area contributed by atoms with Gasteiger partial charge in [0.15, 0.2) is 5.76 Å². The first-order chi connectivity index (χ1) is 12.2. The topological polar surface area (TPSA) is 55.1 Å². The first-order valence-electron chi connectivity index (χ1n) is 8.32. The Kier molecular flexibility index (Phi) is 3.94. The summed E-state index contributed by atoms with van der Waals surface area (Å²) in [6.07, 6.45) is 4.29. The van der Waals surface area contributed by atoms with Gasteiger partial charge in [-0.25, -0.2) is 0 Å². The van der Waals surface area contributed by atoms with E-state index in [1.54, 1.807) is 6.20 Å². The molecule has 0 spiro atoms. The zero-order valence-electron chi connectivity index (χ0n) is 14.0. The van der Waals surface area contributed by atoms with Crippen LogP contribution < -0.4 is 5.32 Å². The minimum absolute atomic E-state index is 0.179. The quantitative estimate of drug-likeness (QED) is 0.608. The van der Waals surface area contributed by atoms with Crippen molar-refractivity contribution < 1.29 is 9.21 Å². The number of rotatable bonds is 4. The van der Waals surface area contributed by atoms with Crippen molar-refractivity contribution in [1.82, 2.24) is 10.3 Å². The molecule has 0 radical (unpaired) electrons. The predicted octanol–water partition coefficient (Wildman–Crippen LogP) is 4.26. The van der Waals surface area contributed by atoms with Crippen LogP contribution in [0.3, 0.4) is 0 Å². The van der Waals surface area contributed by atoms with Crippen LogP contribution in [0.2, 0.25) is 0 Å². The van der Waals surface area contributed by atoms with Gasteiger partial charge in [-0.2, -0.15) is 0 Å². The van der Waals surface area contributed by atoms with Crippen LogP contribution in [0.5, 0.6) is 0 Å². The third-order valence-electron chi connectivity index (χ3n) is 4.46. The Labute approximate surface area is 145 Å². The highest BCUT2D eigenvalue weighted by Crippen LogP contribution is 2.31. The summed E-state index contributed by atoms with van der Waals surface area (Å²) in [6, 6.07) is 16.0. The van der Waals surface area contributed by atoms with E-state index in [0.29, 0.717) is 12.3 Å². The highest BCUT2D eigenvalue weighted by atomic mass is 16.3. The summed E-state index contributed by atoms with van der Waals surface area (Å²) in [5.74, 6) is 0.208. The van der Waals surface area contributed by atoms with Crippen molar-refractivity contribution in [2.24, 2.45) is 0 Å². The van der Waals surface area contributed by atoms with E-state index >= 15 is 0 Å². The van der Waals surface area contributed by atoms with Gasteiger partial charge < -0.3 is 9.73 Å². The van der Waals surface area contributed by atoms with Gasteiger partial charge in [0.25, 0.3) is 5.91 Å². The lowest BCUT2D eigenvalue weighted by Gasteiger charge is -2.03. The fourth-order valence-corrected chi connectivity index (χ4v) is 3.11. The average molecular weight is 330 g/mol. The van der Waals surface area contributed by atoms with E-state index < -0.39 is 0 Å². The maximum absolute atomic E-state index is 12.5. The Bertz CT molecular complexity index is 1050. The molecule has 4 aromatic rings. The fraction of sp³-hybridized carbons (Fsp3) is 0.143. The van der Waals surface area contributed by atoms with E-state index in [1.165, 1.54) is 0 Å². The zero-order chi connectivity index (χ0) is 17.2. The van der Waals surface area contributed by atoms with Crippen molar-refractivity contribution in [1.29, 1.82) is 0 Å². The molecule has 25 heavy (non-hydrogen) atoms. The first kappa shape index (κ1) is 15.4. The maximum Gasteiger partial charge on any atom is 0.287 e. The van der Waals surface area contributed by atoms with Crippen LogP contribution in [0.25, 0.3) is 21.7 Å². The number of aromatic nitrogens is 1. The van der Waals surface area contributed by atoms with E-state index in [2.05, 4.69) is 16.4 Å². The molecule has 1 amide bonds. The minimum atomic E-state index is -0.179. The molecule has 0 aliphatic heterocycles. The molecule has 2 heterocycles. The van der Waals surface area contributed by atoms with E-state index in [9.17, 15) is 4.79 Å². The molecule has 124 valence electrons. The highest BCUT2D eigenvalue weighted by Gasteiger charge is 2.18. The summed E-state index contributed by atoms with van der Waals surface area (Å²) >= 11 is 0. The highest BCUT2D eigenvalue weighted by molar-refractivity contribution is 6.08. The van der Waals surface area contributed by atoms with Crippen LogP contribution >= 0.6 is 0 Å². The van der Waals surface area contributed by atoms with E-state index in [0.717, 1.165) is 39.3 Å². The molecule has 0 saturated carbocycles. The van der Waals surface area contributed by atoms with Gasteiger partial charge in [-0.15, -0.1) is 0 Å². The summed E-state index contributed by atoms with van der Waals surface area (Å²) in [4.78, 5) is 16.6. The van der Waals surface area contributed by atoms with Crippen molar-refractivity contribution in [3.8, 4) is 0 Å². The third kappa shape index (κ3) is 2.87. The second-order valence-electron chi connectivity index (χ2n) is 6.09. The number of furan rings is 1. The van der Waals surface area contributed by atoms with Crippen LogP contribution in [0.4, 0.5) is 0 Å². The Morgan fingerprint density at radius 3 is 2.80 bits per heavy atom. The van der Waals surface area contributed by atoms with Crippen LogP contribution in [0.15, 0.2) is 65.3 Å². The number of carbonyl (C=O) groups is 1. The summed E-state index contributed by atoms with van der Waals surface area (Å²) in [5, 5.41) is 6.05. The van der Waals surface area contributed by atoms with Gasteiger partial charge in [0.1, 0.15) is 5.58 Å². The molecule has 4 rings (SSSR count). The molecule has 4 heteroatoms. The van der Waals surface area contributed by atoms with Crippen LogP contribution in [0, 0.1) is 6.92 Å². The molecule has 4 nitrogen and oxygen atoms in total. The Hall–Kier alpha value is -3.14. The van der Waals surface area contributed by atoms with Crippen molar-refractivity contribution in [2.75, 3.05) is 6.54 Å². The molecule has 0 aliphatic rings. The van der Waals surface area contributed by atoms with E-state index in [4.69, 9.17) is 4.42 Å². The minimum Gasteiger partial charge on any atom is -0.450 e. The molecule has 1 N–H and O–H groups in total. The predicted molar refractivity (Wildman–Crippen MR) is 98.7 cm³/mol. The smallest absolute Gasteiger partial charge is 0.287 e. The Morgan fingerprint density at radius 2 is 1.96 bits per heavy atom. The number of hydrogen-bond donors (Lipinski definition) is 1. The largest absolute Gasteiger partial charge is 0.450 e. The van der Waals surface area contributed by atoms with Gasteiger partial charge in [-0.05, 0) is 30.4 Å². The molecule has 0 bridgehead atoms. The van der Waals surface area contributed by atoms with Gasteiger partial charge in [0.2, 0.25) is 0 Å². The van der Waals surface area contributed by atoms with Crippen molar-refractivity contribution in [3.05, 3.63) is 77.8 Å². The molecule has 0 saturated heterocycles. The number of benzene rings is 2. The molecule has 0 fully saturated rings. The fourth-order valence-electron chi connectivity index (χ4n) is 3.11. The summed E-state index contributed by atoms with van der Waals surface area (Å²) in [5.41, 5.74) is 2.74. The molecule has 0 unspecified atom stereocenters. The zero-order valence-corrected chi connectivity index (χ0v) is 14.0. The van der Waals surface area contributed by atoms with Crippen molar-refractivity contribution in [2.45, 2.75) is 13.3 Å². The van der Waals surface area contributed by atoms with Gasteiger partial charge in [0, 0.05) is 35.3 Å². The van der Waals surface area contributed by atoms with Gasteiger partial charge in [-0.3, -0.25) is 9.78 Å². The average Bonchev–Trinajstić information content (AvgIpc) is 3.00. The Morgan fingerprint density at radius 1 is 1.08 bits per heavy atom. The van der Waals surface area contributed by atoms with Gasteiger partial charge in [-0.1, -0.05) is 42.5 Å². The molecule has 0 aliphatic carbocycles. The normalized spacial score (nSPS) is 11.1. The van der Waals surface area contributed by atoms with Crippen LogP contribution in [-0.2, 0) is 6.42 Å². The molecular weight excluding hydrogens is 312 g/mol. The standard InChI is InChI=1S/C21H18N2O2/c1-14-17-9-8-16-6-2-3-7-18(16)20(17)25-19(14)21(24)23-12-10-15-5-4-11-22-13-15/h2-9,11,13H,10,12H2,1H3,(H,23,24). The maximum atomic E-state index is 12.5. The SMILES string of the molecule is Cc1c(C(=O)NCCc2cccnc2)oc2c1ccc1ccccc12. The lowest BCUT2D eigenvalue weighted by Crippen LogP contribution is -2.25. The third-order valence-corrected chi connectivity index (χ3v) is 4.46. The lowest BCUT2D eigenvalue weighted by molar-refractivity contribution is 0.0928. The monoisotopic (exact) mass is 330 g/mol. The van der Waals surface area contributed by atoms with E-state index in [1.807, 2.05) is 55.6 Å². The van der Waals surface area contributed by atoms with E-state index in [-0.39, 0.29) is 5.91 Å². The number of aryl methyl sites for hydroxylation is 1. The number of nitrogens with zero attached hydrogens (tertiary/aromatic N) is 1. The van der Waals surface area contributed by atoms with Crippen LogP contribution in [-0.4, -0.2) is 17.4 Å².